The minimum Gasteiger partial charge on any atom is -0.467 e. The molecule has 0 saturated carbocycles. The Morgan fingerprint density at radius 2 is 1.96 bits per heavy atom. The summed E-state index contributed by atoms with van der Waals surface area (Å²) in [5, 5.41) is 20.8. The van der Waals surface area contributed by atoms with Gasteiger partial charge in [0, 0.05) is 41.8 Å². The molecule has 0 fully saturated rings. The van der Waals surface area contributed by atoms with E-state index in [9.17, 15) is 15.2 Å². The number of fused-ring (bicyclic) bond motifs is 2. The van der Waals surface area contributed by atoms with Gasteiger partial charge in [-0.2, -0.15) is 0 Å². The molecule has 0 aromatic heterocycles. The topological polar surface area (TPSA) is 75.8 Å². The number of β-amino-alcohol motifs (C(OH)–C–C–N with tert-alkyl or cyclic N) is 1. The molecule has 1 atom stereocenters. The van der Waals surface area contributed by atoms with Crippen LogP contribution in [0.15, 0.2) is 42.5 Å². The van der Waals surface area contributed by atoms with E-state index in [-0.39, 0.29) is 22.6 Å². The van der Waals surface area contributed by atoms with Crippen LogP contribution in [0, 0.1) is 15.5 Å². The fourth-order valence-electron chi connectivity index (χ4n) is 4.42. The largest absolute Gasteiger partial charge is 0.467 e. The third-order valence-electron chi connectivity index (χ3n) is 5.70. The Kier molecular flexibility index (Phi) is 3.70. The van der Waals surface area contributed by atoms with E-state index in [0.29, 0.717) is 25.1 Å². The smallest absolute Gasteiger partial charge is 0.269 e. The van der Waals surface area contributed by atoms with E-state index in [1.54, 1.807) is 12.1 Å². The first-order valence-electron chi connectivity index (χ1n) is 8.81. The van der Waals surface area contributed by atoms with Crippen molar-refractivity contribution in [2.24, 2.45) is 5.41 Å². The standard InChI is InChI=1S/C20H22N2O4/c1-19(2)12-15-11-16(22(24)25)7-8-18(15)26-20(19)13-14-5-3-4-6-17(14)21(20)9-10-23/h3-8,11,23H,9-10,12-13H2,1-2H3. The Hall–Kier alpha value is -2.60. The molecular weight excluding hydrogens is 332 g/mol. The summed E-state index contributed by atoms with van der Waals surface area (Å²) >= 11 is 0. The minimum absolute atomic E-state index is 0.0304. The Morgan fingerprint density at radius 3 is 2.69 bits per heavy atom. The lowest BCUT2D eigenvalue weighted by atomic mass is 9.72. The Bertz CT molecular complexity index is 880. The first-order valence-corrected chi connectivity index (χ1v) is 8.81. The molecule has 6 heteroatoms. The quantitative estimate of drug-likeness (QED) is 0.676. The van der Waals surface area contributed by atoms with E-state index >= 15 is 0 Å². The number of aliphatic hydroxyl groups excluding tert-OH is 1. The maximum Gasteiger partial charge on any atom is 0.269 e. The molecule has 0 amide bonds. The van der Waals surface area contributed by atoms with Gasteiger partial charge in [0.2, 0.25) is 0 Å². The molecule has 6 nitrogen and oxygen atoms in total. The minimum atomic E-state index is -0.622. The third kappa shape index (κ3) is 2.29. The highest BCUT2D eigenvalue weighted by Crippen LogP contribution is 2.54. The van der Waals surface area contributed by atoms with Crippen molar-refractivity contribution in [3.05, 3.63) is 63.7 Å². The van der Waals surface area contributed by atoms with Crippen LogP contribution >= 0.6 is 0 Å². The third-order valence-corrected chi connectivity index (χ3v) is 5.70. The van der Waals surface area contributed by atoms with Crippen LogP contribution in [0.25, 0.3) is 0 Å². The predicted octanol–water partition coefficient (Wildman–Crippen LogP) is 3.31. The van der Waals surface area contributed by atoms with E-state index < -0.39 is 5.72 Å². The maximum atomic E-state index is 11.1. The summed E-state index contributed by atoms with van der Waals surface area (Å²) in [4.78, 5) is 12.9. The van der Waals surface area contributed by atoms with Crippen molar-refractivity contribution in [3.63, 3.8) is 0 Å². The zero-order valence-corrected chi connectivity index (χ0v) is 14.9. The summed E-state index contributed by atoms with van der Waals surface area (Å²) in [6.45, 7) is 4.77. The highest BCUT2D eigenvalue weighted by atomic mass is 16.6. The van der Waals surface area contributed by atoms with Crippen LogP contribution in [-0.2, 0) is 12.8 Å². The van der Waals surface area contributed by atoms with Gasteiger partial charge in [0.25, 0.3) is 5.69 Å². The van der Waals surface area contributed by atoms with Gasteiger partial charge in [-0.1, -0.05) is 32.0 Å². The molecule has 136 valence electrons. The lowest BCUT2D eigenvalue weighted by Gasteiger charge is -2.53. The average molecular weight is 354 g/mol. The summed E-state index contributed by atoms with van der Waals surface area (Å²) < 4.78 is 6.57. The summed E-state index contributed by atoms with van der Waals surface area (Å²) in [7, 11) is 0. The van der Waals surface area contributed by atoms with Crippen LogP contribution in [0.2, 0.25) is 0 Å². The molecule has 26 heavy (non-hydrogen) atoms. The number of rotatable bonds is 3. The zero-order valence-electron chi connectivity index (χ0n) is 14.9. The highest BCUT2D eigenvalue weighted by Gasteiger charge is 2.58. The van der Waals surface area contributed by atoms with Gasteiger partial charge in [-0.15, -0.1) is 0 Å². The van der Waals surface area contributed by atoms with Crippen molar-refractivity contribution in [1.29, 1.82) is 0 Å². The zero-order chi connectivity index (χ0) is 18.5. The van der Waals surface area contributed by atoms with Crippen LogP contribution < -0.4 is 9.64 Å². The maximum absolute atomic E-state index is 11.1. The Labute approximate surface area is 152 Å². The number of aliphatic hydroxyl groups is 1. The summed E-state index contributed by atoms with van der Waals surface area (Å²) in [5.74, 6) is 0.686. The molecule has 2 heterocycles. The van der Waals surface area contributed by atoms with Gasteiger partial charge < -0.3 is 14.7 Å². The Balaban J connectivity index is 1.82. The van der Waals surface area contributed by atoms with Crippen LogP contribution in [0.5, 0.6) is 5.75 Å². The summed E-state index contributed by atoms with van der Waals surface area (Å²) in [6, 6.07) is 13.0. The van der Waals surface area contributed by atoms with Crippen LogP contribution in [0.3, 0.4) is 0 Å². The van der Waals surface area contributed by atoms with Crippen molar-refractivity contribution in [2.45, 2.75) is 32.4 Å². The highest BCUT2D eigenvalue weighted by molar-refractivity contribution is 5.63. The number of nitrogens with zero attached hydrogens (tertiary/aromatic N) is 2. The number of nitro groups is 1. The Morgan fingerprint density at radius 1 is 1.19 bits per heavy atom. The first-order chi connectivity index (χ1) is 12.4. The van der Waals surface area contributed by atoms with E-state index in [1.807, 2.05) is 12.1 Å². The number of hydrogen-bond donors (Lipinski definition) is 1. The molecule has 1 spiro atoms. The van der Waals surface area contributed by atoms with E-state index in [4.69, 9.17) is 4.74 Å². The molecule has 1 N–H and O–H groups in total. The molecule has 1 unspecified atom stereocenters. The fraction of sp³-hybridized carbons (Fsp3) is 0.400. The van der Waals surface area contributed by atoms with Gasteiger partial charge in [-0.3, -0.25) is 10.1 Å². The van der Waals surface area contributed by atoms with Crippen molar-refractivity contribution < 1.29 is 14.8 Å². The van der Waals surface area contributed by atoms with E-state index in [1.165, 1.54) is 11.6 Å². The second kappa shape index (κ2) is 5.71. The number of benzene rings is 2. The number of nitro benzene ring substituents is 1. The molecule has 2 aliphatic rings. The van der Waals surface area contributed by atoms with Crippen molar-refractivity contribution in [1.82, 2.24) is 0 Å². The van der Waals surface area contributed by atoms with Crippen LogP contribution in [0.4, 0.5) is 11.4 Å². The van der Waals surface area contributed by atoms with Gasteiger partial charge in [-0.25, -0.2) is 0 Å². The summed E-state index contributed by atoms with van der Waals surface area (Å²) in [5.41, 5.74) is 2.29. The van der Waals surface area contributed by atoms with Crippen molar-refractivity contribution >= 4 is 11.4 Å². The molecule has 2 aromatic rings. The molecule has 4 rings (SSSR count). The molecular formula is C20H22N2O4. The van der Waals surface area contributed by atoms with E-state index in [2.05, 4.69) is 30.9 Å². The second-order valence-corrected chi connectivity index (χ2v) is 7.68. The van der Waals surface area contributed by atoms with Crippen molar-refractivity contribution in [2.75, 3.05) is 18.1 Å². The number of non-ortho nitro benzene ring substituents is 1. The van der Waals surface area contributed by atoms with Gasteiger partial charge >= 0.3 is 0 Å². The normalized spacial score (nSPS) is 22.7. The molecule has 2 aliphatic heterocycles. The fourth-order valence-corrected chi connectivity index (χ4v) is 4.42. The monoisotopic (exact) mass is 354 g/mol. The number of ether oxygens (including phenoxy) is 1. The lowest BCUT2D eigenvalue weighted by molar-refractivity contribution is -0.385. The lowest BCUT2D eigenvalue weighted by Crippen LogP contribution is -2.64. The molecule has 0 aliphatic carbocycles. The predicted molar refractivity (Wildman–Crippen MR) is 98.5 cm³/mol. The molecule has 0 saturated heterocycles. The van der Waals surface area contributed by atoms with Gasteiger partial charge in [-0.05, 0) is 24.1 Å². The second-order valence-electron chi connectivity index (χ2n) is 7.68. The number of hydrogen-bond acceptors (Lipinski definition) is 5. The van der Waals surface area contributed by atoms with Gasteiger partial charge in [0.15, 0.2) is 5.72 Å². The number of anilines is 1. The average Bonchev–Trinajstić information content (AvgIpc) is 2.91. The van der Waals surface area contributed by atoms with E-state index in [0.717, 1.165) is 11.3 Å². The molecule has 0 bridgehead atoms. The van der Waals surface area contributed by atoms with Gasteiger partial charge in [0.1, 0.15) is 5.75 Å². The first kappa shape index (κ1) is 16.8. The number of para-hydroxylation sites is 1. The van der Waals surface area contributed by atoms with Gasteiger partial charge in [0.05, 0.1) is 11.5 Å². The molecule has 2 aromatic carbocycles. The van der Waals surface area contributed by atoms with Crippen LogP contribution in [0.1, 0.15) is 25.0 Å². The SMILES string of the molecule is CC1(C)Cc2cc([N+](=O)[O-])ccc2OC12Cc1ccccc1N2CCO. The summed E-state index contributed by atoms with van der Waals surface area (Å²) in [6.07, 6.45) is 1.38. The van der Waals surface area contributed by atoms with Crippen molar-refractivity contribution in [3.8, 4) is 5.75 Å². The molecule has 0 radical (unpaired) electrons. The van der Waals surface area contributed by atoms with Crippen LogP contribution in [-0.4, -0.2) is 28.9 Å².